The molecule has 0 unspecified atom stereocenters. The predicted octanol–water partition coefficient (Wildman–Crippen LogP) is 0.261. The fraction of sp³-hybridized carbons (Fsp3) is 1.00. The van der Waals surface area contributed by atoms with Gasteiger partial charge in [0.25, 0.3) is 0 Å². The van der Waals surface area contributed by atoms with Crippen molar-refractivity contribution >= 4 is 0 Å². The van der Waals surface area contributed by atoms with Crippen molar-refractivity contribution < 1.29 is 9.57 Å². The molecule has 0 radical (unpaired) electrons. The monoisotopic (exact) mass is 105 g/mol. The van der Waals surface area contributed by atoms with Crippen LogP contribution < -0.4 is 5.90 Å². The highest BCUT2D eigenvalue weighted by Crippen LogP contribution is 1.76. The molecule has 0 aromatic rings. The molecular weight excluding hydrogens is 94.0 g/mol. The molecule has 3 nitrogen and oxygen atoms in total. The normalized spacial score (nSPS) is 9.43. The Kier molecular flexibility index (Phi) is 5.78. The second kappa shape index (κ2) is 5.88. The molecule has 7 heavy (non-hydrogen) atoms. The third kappa shape index (κ3) is 5.88. The number of hydrogen-bond acceptors (Lipinski definition) is 3. The molecule has 0 aromatic heterocycles. The van der Waals surface area contributed by atoms with Crippen LogP contribution >= 0.6 is 0 Å². The van der Waals surface area contributed by atoms with Crippen LogP contribution in [0.5, 0.6) is 0 Å². The van der Waals surface area contributed by atoms with E-state index in [0.717, 1.165) is 13.0 Å². The van der Waals surface area contributed by atoms with Crippen molar-refractivity contribution in [2.75, 3.05) is 13.4 Å². The lowest BCUT2D eigenvalue weighted by Crippen LogP contribution is -2.04. The highest BCUT2D eigenvalue weighted by molar-refractivity contribution is 4.17. The van der Waals surface area contributed by atoms with Crippen LogP contribution in [-0.2, 0) is 9.57 Å². The van der Waals surface area contributed by atoms with Gasteiger partial charge < -0.3 is 4.74 Å². The average Bonchev–Trinajstić information content (AvgIpc) is 1.69. The van der Waals surface area contributed by atoms with Gasteiger partial charge in [0.2, 0.25) is 0 Å². The molecule has 44 valence electrons. The van der Waals surface area contributed by atoms with Crippen LogP contribution in [0.1, 0.15) is 13.3 Å². The minimum Gasteiger partial charge on any atom is -0.354 e. The van der Waals surface area contributed by atoms with Crippen LogP contribution in [0.3, 0.4) is 0 Å². The van der Waals surface area contributed by atoms with Crippen molar-refractivity contribution in [3.8, 4) is 0 Å². The highest BCUT2D eigenvalue weighted by Gasteiger charge is 1.77. The Bertz CT molecular complexity index is 28.9. The Morgan fingerprint density at radius 1 is 1.57 bits per heavy atom. The molecule has 0 aliphatic rings. The molecule has 0 heterocycles. The second-order valence-electron chi connectivity index (χ2n) is 1.19. The van der Waals surface area contributed by atoms with E-state index in [9.17, 15) is 0 Å². The molecule has 0 aliphatic carbocycles. The van der Waals surface area contributed by atoms with Crippen LogP contribution in [0.4, 0.5) is 0 Å². The summed E-state index contributed by atoms with van der Waals surface area (Å²) >= 11 is 0. The quantitative estimate of drug-likeness (QED) is 0.317. The fourth-order valence-corrected chi connectivity index (χ4v) is 0.251. The van der Waals surface area contributed by atoms with Gasteiger partial charge in [-0.1, -0.05) is 6.92 Å². The Hall–Kier alpha value is -0.120. The average molecular weight is 105 g/mol. The van der Waals surface area contributed by atoms with E-state index in [-0.39, 0.29) is 6.79 Å². The first-order valence-corrected chi connectivity index (χ1v) is 2.31. The van der Waals surface area contributed by atoms with Gasteiger partial charge in [0.05, 0.1) is 0 Å². The molecule has 0 amide bonds. The molecule has 0 saturated carbocycles. The second-order valence-corrected chi connectivity index (χ2v) is 1.19. The molecule has 0 fully saturated rings. The SMILES string of the molecule is CCCOCON. The van der Waals surface area contributed by atoms with Crippen LogP contribution in [-0.4, -0.2) is 13.4 Å². The third-order valence-electron chi connectivity index (χ3n) is 0.500. The standard InChI is InChI=1S/C4H11NO2/c1-2-3-6-4-7-5/h2-5H2,1H3. The smallest absolute Gasteiger partial charge is 0.166 e. The van der Waals surface area contributed by atoms with Crippen molar-refractivity contribution in [2.24, 2.45) is 5.90 Å². The van der Waals surface area contributed by atoms with E-state index in [1.54, 1.807) is 0 Å². The summed E-state index contributed by atoms with van der Waals surface area (Å²) in [5.41, 5.74) is 0. The molecule has 0 rings (SSSR count). The third-order valence-corrected chi connectivity index (χ3v) is 0.500. The van der Waals surface area contributed by atoms with E-state index in [2.05, 4.69) is 10.7 Å². The molecule has 3 heteroatoms. The lowest BCUT2D eigenvalue weighted by atomic mass is 10.5. The van der Waals surface area contributed by atoms with Gasteiger partial charge in [-0.05, 0) is 6.42 Å². The molecular formula is C4H11NO2. The molecule has 0 saturated heterocycles. The Balaban J connectivity index is 2.45. The molecule has 0 aromatic carbocycles. The van der Waals surface area contributed by atoms with E-state index >= 15 is 0 Å². The summed E-state index contributed by atoms with van der Waals surface area (Å²) in [5, 5.41) is 0. The van der Waals surface area contributed by atoms with Crippen molar-refractivity contribution in [1.29, 1.82) is 0 Å². The van der Waals surface area contributed by atoms with Crippen LogP contribution in [0, 0.1) is 0 Å². The summed E-state index contributed by atoms with van der Waals surface area (Å²) in [6, 6.07) is 0. The molecule has 0 atom stereocenters. The van der Waals surface area contributed by atoms with Crippen LogP contribution in [0.2, 0.25) is 0 Å². The molecule has 2 N–H and O–H groups in total. The zero-order valence-electron chi connectivity index (χ0n) is 4.52. The summed E-state index contributed by atoms with van der Waals surface area (Å²) in [6.45, 7) is 2.95. The minimum absolute atomic E-state index is 0.202. The summed E-state index contributed by atoms with van der Waals surface area (Å²) in [5.74, 6) is 4.64. The number of ether oxygens (including phenoxy) is 1. The number of nitrogens with two attached hydrogens (primary N) is 1. The zero-order chi connectivity index (χ0) is 5.54. The first-order chi connectivity index (χ1) is 3.41. The van der Waals surface area contributed by atoms with Gasteiger partial charge in [0.15, 0.2) is 6.79 Å². The van der Waals surface area contributed by atoms with Gasteiger partial charge in [-0.25, -0.2) is 5.90 Å². The van der Waals surface area contributed by atoms with Crippen LogP contribution in [0.15, 0.2) is 0 Å². The molecule has 0 bridgehead atoms. The zero-order valence-corrected chi connectivity index (χ0v) is 4.52. The van der Waals surface area contributed by atoms with E-state index < -0.39 is 0 Å². The van der Waals surface area contributed by atoms with Crippen molar-refractivity contribution in [3.05, 3.63) is 0 Å². The summed E-state index contributed by atoms with van der Waals surface area (Å²) < 4.78 is 4.78. The maximum atomic E-state index is 4.78. The van der Waals surface area contributed by atoms with Gasteiger partial charge in [0.1, 0.15) is 0 Å². The number of hydrogen-bond donors (Lipinski definition) is 1. The molecule has 0 spiro atoms. The van der Waals surface area contributed by atoms with Gasteiger partial charge >= 0.3 is 0 Å². The maximum absolute atomic E-state index is 4.78. The van der Waals surface area contributed by atoms with Crippen molar-refractivity contribution in [2.45, 2.75) is 13.3 Å². The van der Waals surface area contributed by atoms with E-state index in [1.165, 1.54) is 0 Å². The van der Waals surface area contributed by atoms with E-state index in [4.69, 9.17) is 4.74 Å². The lowest BCUT2D eigenvalue weighted by Gasteiger charge is -1.95. The first kappa shape index (κ1) is 6.88. The van der Waals surface area contributed by atoms with Gasteiger partial charge in [-0.3, -0.25) is 4.84 Å². The van der Waals surface area contributed by atoms with Gasteiger partial charge in [-0.15, -0.1) is 0 Å². The molecule has 0 aliphatic heterocycles. The van der Waals surface area contributed by atoms with Gasteiger partial charge in [-0.2, -0.15) is 0 Å². The minimum atomic E-state index is 0.202. The topological polar surface area (TPSA) is 44.5 Å². The summed E-state index contributed by atoms with van der Waals surface area (Å²) in [7, 11) is 0. The van der Waals surface area contributed by atoms with Crippen LogP contribution in [0.25, 0.3) is 0 Å². The summed E-state index contributed by atoms with van der Waals surface area (Å²) in [4.78, 5) is 4.12. The van der Waals surface area contributed by atoms with E-state index in [0.29, 0.717) is 0 Å². The predicted molar refractivity (Wildman–Crippen MR) is 26.4 cm³/mol. The Labute approximate surface area is 43.4 Å². The highest BCUT2D eigenvalue weighted by atomic mass is 16.7. The van der Waals surface area contributed by atoms with Crippen molar-refractivity contribution in [1.82, 2.24) is 0 Å². The van der Waals surface area contributed by atoms with Gasteiger partial charge in [0, 0.05) is 6.61 Å². The van der Waals surface area contributed by atoms with E-state index in [1.807, 2.05) is 6.92 Å². The first-order valence-electron chi connectivity index (χ1n) is 2.31. The fourth-order valence-electron chi connectivity index (χ4n) is 0.251. The van der Waals surface area contributed by atoms with Crippen molar-refractivity contribution in [3.63, 3.8) is 0 Å². The lowest BCUT2D eigenvalue weighted by molar-refractivity contribution is -0.0550. The Morgan fingerprint density at radius 2 is 2.29 bits per heavy atom. The number of rotatable bonds is 4. The largest absolute Gasteiger partial charge is 0.354 e. The maximum Gasteiger partial charge on any atom is 0.166 e. The summed E-state index contributed by atoms with van der Waals surface area (Å²) in [6.07, 6.45) is 1.00. The Morgan fingerprint density at radius 3 is 2.71 bits per heavy atom.